The Kier molecular flexibility index (Phi) is 5.18. The summed E-state index contributed by atoms with van der Waals surface area (Å²) in [6.07, 6.45) is 1.21. The molecular formula is C18H20BrNO3. The van der Waals surface area contributed by atoms with Crippen molar-refractivity contribution in [3.8, 4) is 11.3 Å². The maximum atomic E-state index is 12.3. The van der Waals surface area contributed by atoms with Gasteiger partial charge < -0.3 is 14.1 Å². The van der Waals surface area contributed by atoms with Gasteiger partial charge in [-0.3, -0.25) is 4.79 Å². The molecule has 4 nitrogen and oxygen atoms in total. The van der Waals surface area contributed by atoms with E-state index >= 15 is 0 Å². The molecule has 1 aromatic carbocycles. The molecule has 1 atom stereocenters. The summed E-state index contributed by atoms with van der Waals surface area (Å²) >= 11 is 3.53. The van der Waals surface area contributed by atoms with E-state index < -0.39 is 0 Å². The molecule has 3 rings (SSSR count). The van der Waals surface area contributed by atoms with Gasteiger partial charge in [-0.25, -0.2) is 0 Å². The van der Waals surface area contributed by atoms with E-state index in [1.165, 1.54) is 0 Å². The molecule has 0 N–H and O–H groups in total. The van der Waals surface area contributed by atoms with Crippen molar-refractivity contribution in [2.24, 2.45) is 0 Å². The van der Waals surface area contributed by atoms with Crippen molar-refractivity contribution in [2.75, 3.05) is 19.7 Å². The molecule has 2 aromatic rings. The van der Waals surface area contributed by atoms with Crippen LogP contribution < -0.4 is 0 Å². The number of hydrogen-bond acceptors (Lipinski definition) is 3. The van der Waals surface area contributed by atoms with E-state index in [1.807, 2.05) is 48.2 Å². The lowest BCUT2D eigenvalue weighted by molar-refractivity contribution is -0.138. The van der Waals surface area contributed by atoms with E-state index in [-0.39, 0.29) is 12.0 Å². The Morgan fingerprint density at radius 1 is 1.30 bits per heavy atom. The molecule has 1 fully saturated rings. The summed E-state index contributed by atoms with van der Waals surface area (Å²) < 4.78 is 12.4. The molecule has 0 radical (unpaired) electrons. The van der Waals surface area contributed by atoms with Gasteiger partial charge in [0.15, 0.2) is 0 Å². The van der Waals surface area contributed by atoms with Crippen LogP contribution in [-0.4, -0.2) is 36.6 Å². The average molecular weight is 378 g/mol. The van der Waals surface area contributed by atoms with Crippen LogP contribution in [0.15, 0.2) is 45.3 Å². The first-order chi connectivity index (χ1) is 11.1. The van der Waals surface area contributed by atoms with Gasteiger partial charge in [0.2, 0.25) is 5.91 Å². The molecule has 5 heteroatoms. The van der Waals surface area contributed by atoms with Gasteiger partial charge in [-0.2, -0.15) is 0 Å². The number of furan rings is 1. The van der Waals surface area contributed by atoms with Crippen LogP contribution in [0.3, 0.4) is 0 Å². The van der Waals surface area contributed by atoms with Gasteiger partial charge in [0.25, 0.3) is 0 Å². The van der Waals surface area contributed by atoms with Crippen molar-refractivity contribution in [3.05, 3.63) is 46.6 Å². The zero-order valence-electron chi connectivity index (χ0n) is 13.1. The van der Waals surface area contributed by atoms with Crippen LogP contribution >= 0.6 is 15.9 Å². The minimum Gasteiger partial charge on any atom is -0.461 e. The summed E-state index contributed by atoms with van der Waals surface area (Å²) in [6, 6.07) is 11.8. The van der Waals surface area contributed by atoms with E-state index in [4.69, 9.17) is 9.15 Å². The van der Waals surface area contributed by atoms with E-state index in [1.54, 1.807) is 0 Å². The van der Waals surface area contributed by atoms with Crippen LogP contribution in [0.5, 0.6) is 0 Å². The Morgan fingerprint density at radius 3 is 2.91 bits per heavy atom. The number of morpholine rings is 1. The zero-order valence-corrected chi connectivity index (χ0v) is 14.7. The zero-order chi connectivity index (χ0) is 16.2. The largest absolute Gasteiger partial charge is 0.461 e. The first kappa shape index (κ1) is 16.3. The van der Waals surface area contributed by atoms with Gasteiger partial charge in [0.1, 0.15) is 11.5 Å². The maximum Gasteiger partial charge on any atom is 0.223 e. The van der Waals surface area contributed by atoms with E-state index in [2.05, 4.69) is 15.9 Å². The molecule has 1 aliphatic heterocycles. The fraction of sp³-hybridized carbons (Fsp3) is 0.389. The molecule has 23 heavy (non-hydrogen) atoms. The number of nitrogens with zero attached hydrogens (tertiary/aromatic N) is 1. The van der Waals surface area contributed by atoms with Crippen LogP contribution in [0, 0.1) is 0 Å². The molecule has 0 aliphatic carbocycles. The molecule has 1 amide bonds. The minimum absolute atomic E-state index is 0.123. The minimum atomic E-state index is 0.123. The predicted molar refractivity (Wildman–Crippen MR) is 92.2 cm³/mol. The molecular weight excluding hydrogens is 358 g/mol. The normalized spacial score (nSPS) is 18.2. The molecule has 122 valence electrons. The van der Waals surface area contributed by atoms with E-state index in [0.29, 0.717) is 32.5 Å². The number of halogens is 1. The number of hydrogen-bond donors (Lipinski definition) is 0. The quantitative estimate of drug-likeness (QED) is 0.811. The fourth-order valence-electron chi connectivity index (χ4n) is 2.75. The van der Waals surface area contributed by atoms with Gasteiger partial charge in [0.05, 0.1) is 12.7 Å². The van der Waals surface area contributed by atoms with Crippen molar-refractivity contribution >= 4 is 21.8 Å². The molecule has 1 aliphatic rings. The standard InChI is InChI=1S/C18H20BrNO3/c1-13-12-20(10-11-22-13)18(21)9-7-14-6-8-17(23-14)15-4-2-3-5-16(15)19/h2-6,8,13H,7,9-12H2,1H3. The van der Waals surface area contributed by atoms with Crippen molar-refractivity contribution in [2.45, 2.75) is 25.9 Å². The Bertz CT molecular complexity index is 682. The summed E-state index contributed by atoms with van der Waals surface area (Å²) in [5, 5.41) is 0. The SMILES string of the molecule is CC1CN(C(=O)CCc2ccc(-c3ccccc3Br)o2)CCO1. The molecule has 0 bridgehead atoms. The highest BCUT2D eigenvalue weighted by Crippen LogP contribution is 2.29. The van der Waals surface area contributed by atoms with Crippen LogP contribution in [0.1, 0.15) is 19.1 Å². The number of carbonyl (C=O) groups excluding carboxylic acids is 1. The van der Waals surface area contributed by atoms with Crippen molar-refractivity contribution in [1.82, 2.24) is 4.90 Å². The summed E-state index contributed by atoms with van der Waals surface area (Å²) in [7, 11) is 0. The fourth-order valence-corrected chi connectivity index (χ4v) is 3.23. The Labute approximate surface area is 144 Å². The average Bonchev–Trinajstić information content (AvgIpc) is 3.02. The summed E-state index contributed by atoms with van der Waals surface area (Å²) in [5.41, 5.74) is 1.02. The molecule has 1 aromatic heterocycles. The highest BCUT2D eigenvalue weighted by Gasteiger charge is 2.21. The topological polar surface area (TPSA) is 42.7 Å². The molecule has 1 unspecified atom stereocenters. The van der Waals surface area contributed by atoms with Crippen LogP contribution in [0.2, 0.25) is 0 Å². The van der Waals surface area contributed by atoms with Gasteiger partial charge in [0, 0.05) is 36.0 Å². The second-order valence-corrected chi connectivity index (χ2v) is 6.62. The third-order valence-electron chi connectivity index (χ3n) is 3.98. The van der Waals surface area contributed by atoms with Crippen LogP contribution in [0.25, 0.3) is 11.3 Å². The molecule has 2 heterocycles. The van der Waals surface area contributed by atoms with Gasteiger partial charge in [-0.05, 0) is 25.1 Å². The van der Waals surface area contributed by atoms with Crippen LogP contribution in [0.4, 0.5) is 0 Å². The molecule has 1 saturated heterocycles. The number of rotatable bonds is 4. The lowest BCUT2D eigenvalue weighted by Crippen LogP contribution is -2.44. The summed E-state index contributed by atoms with van der Waals surface area (Å²) in [5.74, 6) is 1.82. The predicted octanol–water partition coefficient (Wildman–Crippen LogP) is 3.89. The van der Waals surface area contributed by atoms with E-state index in [0.717, 1.165) is 21.6 Å². The van der Waals surface area contributed by atoms with E-state index in [9.17, 15) is 4.79 Å². The number of benzene rings is 1. The third-order valence-corrected chi connectivity index (χ3v) is 4.67. The monoisotopic (exact) mass is 377 g/mol. The lowest BCUT2D eigenvalue weighted by atomic mass is 10.2. The molecule has 0 spiro atoms. The highest BCUT2D eigenvalue weighted by molar-refractivity contribution is 9.10. The first-order valence-corrected chi connectivity index (χ1v) is 8.66. The van der Waals surface area contributed by atoms with Gasteiger partial charge >= 0.3 is 0 Å². The van der Waals surface area contributed by atoms with Crippen molar-refractivity contribution in [3.63, 3.8) is 0 Å². The Hall–Kier alpha value is -1.59. The Morgan fingerprint density at radius 2 is 2.13 bits per heavy atom. The van der Waals surface area contributed by atoms with Crippen LogP contribution in [-0.2, 0) is 16.0 Å². The maximum absolute atomic E-state index is 12.3. The second kappa shape index (κ2) is 7.32. The summed E-state index contributed by atoms with van der Waals surface area (Å²) in [6.45, 7) is 3.98. The smallest absolute Gasteiger partial charge is 0.223 e. The second-order valence-electron chi connectivity index (χ2n) is 5.77. The lowest BCUT2D eigenvalue weighted by Gasteiger charge is -2.31. The molecule has 0 saturated carbocycles. The highest BCUT2D eigenvalue weighted by atomic mass is 79.9. The van der Waals surface area contributed by atoms with Crippen molar-refractivity contribution in [1.29, 1.82) is 0 Å². The number of ether oxygens (including phenoxy) is 1. The van der Waals surface area contributed by atoms with Crippen molar-refractivity contribution < 1.29 is 13.9 Å². The first-order valence-electron chi connectivity index (χ1n) is 7.86. The third kappa shape index (κ3) is 4.03. The van der Waals surface area contributed by atoms with Gasteiger partial charge in [-0.15, -0.1) is 0 Å². The number of aryl methyl sites for hydroxylation is 1. The van der Waals surface area contributed by atoms with Gasteiger partial charge in [-0.1, -0.05) is 34.1 Å². The number of carbonyl (C=O) groups is 1. The Balaban J connectivity index is 1.59. The number of amides is 1. The summed E-state index contributed by atoms with van der Waals surface area (Å²) in [4.78, 5) is 14.1.